The predicted molar refractivity (Wildman–Crippen MR) is 96.3 cm³/mol. The number of fused-ring (bicyclic) bond motifs is 1. The summed E-state index contributed by atoms with van der Waals surface area (Å²) >= 11 is 0. The summed E-state index contributed by atoms with van der Waals surface area (Å²) in [5, 5.41) is 11.7. The minimum absolute atomic E-state index is 0.690. The Hall–Kier alpha value is -3.21. The summed E-state index contributed by atoms with van der Waals surface area (Å²) < 4.78 is 0. The molecule has 0 aliphatic rings. The van der Waals surface area contributed by atoms with Gasteiger partial charge in [-0.05, 0) is 43.2 Å². The average Bonchev–Trinajstić information content (AvgIpc) is 3.01. The molecular weight excluding hydrogens is 298 g/mol. The van der Waals surface area contributed by atoms with Crippen molar-refractivity contribution in [3.8, 4) is 11.1 Å². The van der Waals surface area contributed by atoms with E-state index >= 15 is 0 Å². The van der Waals surface area contributed by atoms with Gasteiger partial charge in [0, 0.05) is 35.4 Å². The van der Waals surface area contributed by atoms with Crippen molar-refractivity contribution in [3.63, 3.8) is 0 Å². The molecule has 4 rings (SSSR count). The Bertz CT molecular complexity index is 1000. The molecule has 1 aromatic carbocycles. The molecule has 0 fully saturated rings. The summed E-state index contributed by atoms with van der Waals surface area (Å²) in [5.74, 6) is 0.844. The number of nitrogens with one attached hydrogen (secondary N) is 2. The molecule has 24 heavy (non-hydrogen) atoms. The zero-order valence-corrected chi connectivity index (χ0v) is 13.5. The Morgan fingerprint density at radius 3 is 2.75 bits per heavy atom. The lowest BCUT2D eigenvalue weighted by Gasteiger charge is -2.09. The Labute approximate surface area is 139 Å². The zero-order valence-electron chi connectivity index (χ0n) is 13.5. The number of anilines is 2. The van der Waals surface area contributed by atoms with Crippen LogP contribution in [0.4, 0.5) is 11.5 Å². The van der Waals surface area contributed by atoms with E-state index in [-0.39, 0.29) is 0 Å². The van der Waals surface area contributed by atoms with E-state index in [9.17, 15) is 0 Å². The number of hydrogen-bond acceptors (Lipinski definition) is 4. The lowest BCUT2D eigenvalue weighted by molar-refractivity contribution is 1.10. The SMILES string of the molecule is Cc1ccc(C)c(Nc2[nH]nc3ncc(-c4cccnc4)cc23)c1. The second-order valence-corrected chi connectivity index (χ2v) is 5.88. The van der Waals surface area contributed by atoms with Crippen LogP contribution in [-0.4, -0.2) is 20.2 Å². The molecule has 0 spiro atoms. The predicted octanol–water partition coefficient (Wildman–Crippen LogP) is 4.38. The lowest BCUT2D eigenvalue weighted by Crippen LogP contribution is -1.94. The van der Waals surface area contributed by atoms with Crippen molar-refractivity contribution >= 4 is 22.5 Å². The first-order valence-electron chi connectivity index (χ1n) is 7.79. The van der Waals surface area contributed by atoms with Crippen molar-refractivity contribution < 1.29 is 0 Å². The maximum atomic E-state index is 4.45. The van der Waals surface area contributed by atoms with E-state index < -0.39 is 0 Å². The molecule has 0 bridgehead atoms. The highest BCUT2D eigenvalue weighted by atomic mass is 15.2. The van der Waals surface area contributed by atoms with Crippen LogP contribution in [0, 0.1) is 13.8 Å². The number of pyridine rings is 2. The van der Waals surface area contributed by atoms with Crippen molar-refractivity contribution in [3.05, 3.63) is 66.1 Å². The summed E-state index contributed by atoms with van der Waals surface area (Å²) in [4.78, 5) is 8.62. The van der Waals surface area contributed by atoms with Gasteiger partial charge in [0.05, 0.1) is 5.39 Å². The van der Waals surface area contributed by atoms with Crippen LogP contribution >= 0.6 is 0 Å². The van der Waals surface area contributed by atoms with Crippen LogP contribution in [0.25, 0.3) is 22.2 Å². The first-order valence-corrected chi connectivity index (χ1v) is 7.79. The Morgan fingerprint density at radius 2 is 1.92 bits per heavy atom. The van der Waals surface area contributed by atoms with Crippen molar-refractivity contribution in [2.24, 2.45) is 0 Å². The second-order valence-electron chi connectivity index (χ2n) is 5.88. The fourth-order valence-corrected chi connectivity index (χ4v) is 2.69. The Balaban J connectivity index is 1.77. The topological polar surface area (TPSA) is 66.5 Å². The number of H-pyrrole nitrogens is 1. The third-order valence-corrected chi connectivity index (χ3v) is 4.06. The molecule has 0 amide bonds. The standard InChI is InChI=1S/C19H17N5/c1-12-5-6-13(2)17(8-12)22-19-16-9-15(11-21-18(16)23-24-19)14-4-3-7-20-10-14/h3-11H,1-2H3,(H2,21,22,23,24). The number of rotatable bonds is 3. The Morgan fingerprint density at radius 1 is 1.00 bits per heavy atom. The number of aromatic nitrogens is 4. The molecule has 118 valence electrons. The fraction of sp³-hybridized carbons (Fsp3) is 0.105. The normalized spacial score (nSPS) is 10.9. The fourth-order valence-electron chi connectivity index (χ4n) is 2.69. The average molecular weight is 315 g/mol. The molecule has 2 N–H and O–H groups in total. The van der Waals surface area contributed by atoms with Gasteiger partial charge in [0.2, 0.25) is 0 Å². The van der Waals surface area contributed by atoms with Gasteiger partial charge >= 0.3 is 0 Å². The van der Waals surface area contributed by atoms with Crippen molar-refractivity contribution in [2.75, 3.05) is 5.32 Å². The van der Waals surface area contributed by atoms with Gasteiger partial charge in [0.25, 0.3) is 0 Å². The van der Waals surface area contributed by atoms with Crippen LogP contribution in [0.1, 0.15) is 11.1 Å². The number of nitrogens with zero attached hydrogens (tertiary/aromatic N) is 3. The molecule has 0 saturated heterocycles. The smallest absolute Gasteiger partial charge is 0.183 e. The van der Waals surface area contributed by atoms with Gasteiger partial charge in [-0.2, -0.15) is 5.10 Å². The number of aromatic amines is 1. The maximum Gasteiger partial charge on any atom is 0.183 e. The molecule has 0 saturated carbocycles. The van der Waals surface area contributed by atoms with Crippen LogP contribution in [0.2, 0.25) is 0 Å². The third-order valence-electron chi connectivity index (χ3n) is 4.06. The van der Waals surface area contributed by atoms with Crippen molar-refractivity contribution in [1.29, 1.82) is 0 Å². The summed E-state index contributed by atoms with van der Waals surface area (Å²) in [6.07, 6.45) is 5.42. The molecule has 0 atom stereocenters. The zero-order chi connectivity index (χ0) is 16.5. The molecule has 0 aliphatic carbocycles. The highest BCUT2D eigenvalue weighted by Crippen LogP contribution is 2.28. The summed E-state index contributed by atoms with van der Waals surface area (Å²) in [6.45, 7) is 4.16. The minimum Gasteiger partial charge on any atom is -0.340 e. The van der Waals surface area contributed by atoms with Gasteiger partial charge in [-0.25, -0.2) is 4.98 Å². The van der Waals surface area contributed by atoms with Crippen molar-refractivity contribution in [1.82, 2.24) is 20.2 Å². The number of hydrogen-bond donors (Lipinski definition) is 2. The van der Waals surface area contributed by atoms with Gasteiger partial charge in [0.1, 0.15) is 5.82 Å². The maximum absolute atomic E-state index is 4.45. The van der Waals surface area contributed by atoms with E-state index in [1.165, 1.54) is 11.1 Å². The molecule has 5 heteroatoms. The van der Waals surface area contributed by atoms with Gasteiger partial charge in [0.15, 0.2) is 5.65 Å². The van der Waals surface area contributed by atoms with Gasteiger partial charge < -0.3 is 5.32 Å². The monoisotopic (exact) mass is 315 g/mol. The molecule has 3 aromatic heterocycles. The van der Waals surface area contributed by atoms with Gasteiger partial charge in [-0.15, -0.1) is 0 Å². The summed E-state index contributed by atoms with van der Waals surface area (Å²) in [6, 6.07) is 12.4. The summed E-state index contributed by atoms with van der Waals surface area (Å²) in [7, 11) is 0. The highest BCUT2D eigenvalue weighted by Gasteiger charge is 2.10. The van der Waals surface area contributed by atoms with Crippen LogP contribution in [0.15, 0.2) is 55.0 Å². The van der Waals surface area contributed by atoms with Crippen LogP contribution in [0.5, 0.6) is 0 Å². The van der Waals surface area contributed by atoms with Gasteiger partial charge in [-0.1, -0.05) is 18.2 Å². The van der Waals surface area contributed by atoms with E-state index in [1.54, 1.807) is 6.20 Å². The lowest BCUT2D eigenvalue weighted by atomic mass is 10.1. The first-order chi connectivity index (χ1) is 11.7. The third kappa shape index (κ3) is 2.60. The highest BCUT2D eigenvalue weighted by molar-refractivity contribution is 5.92. The Kier molecular flexibility index (Phi) is 3.46. The van der Waals surface area contributed by atoms with E-state index in [2.05, 4.69) is 63.6 Å². The largest absolute Gasteiger partial charge is 0.340 e. The minimum atomic E-state index is 0.690. The van der Waals surface area contributed by atoms with E-state index in [1.807, 2.05) is 24.5 Å². The second kappa shape index (κ2) is 5.77. The quantitative estimate of drug-likeness (QED) is 0.589. The first kappa shape index (κ1) is 14.4. The van der Waals surface area contributed by atoms with E-state index in [0.717, 1.165) is 28.0 Å². The molecule has 4 aromatic rings. The molecule has 0 unspecified atom stereocenters. The van der Waals surface area contributed by atoms with Crippen molar-refractivity contribution in [2.45, 2.75) is 13.8 Å². The molecule has 3 heterocycles. The molecule has 5 nitrogen and oxygen atoms in total. The molecule has 0 aliphatic heterocycles. The summed E-state index contributed by atoms with van der Waals surface area (Å²) in [5.41, 5.74) is 6.19. The van der Waals surface area contributed by atoms with Crippen LogP contribution in [-0.2, 0) is 0 Å². The van der Waals surface area contributed by atoms with E-state index in [0.29, 0.717) is 5.65 Å². The number of benzene rings is 1. The van der Waals surface area contributed by atoms with Crippen LogP contribution in [0.3, 0.4) is 0 Å². The van der Waals surface area contributed by atoms with Crippen LogP contribution < -0.4 is 5.32 Å². The molecular formula is C19H17N5. The number of aryl methyl sites for hydroxylation is 2. The van der Waals surface area contributed by atoms with Gasteiger partial charge in [-0.3, -0.25) is 10.1 Å². The molecule has 0 radical (unpaired) electrons. The van der Waals surface area contributed by atoms with E-state index in [4.69, 9.17) is 0 Å².